The van der Waals surface area contributed by atoms with Gasteiger partial charge >= 0.3 is 12.0 Å². The Morgan fingerprint density at radius 1 is 1.38 bits per heavy atom. The number of carbonyl (C=O) groups is 2. The van der Waals surface area contributed by atoms with Crippen molar-refractivity contribution < 1.29 is 18.9 Å². The summed E-state index contributed by atoms with van der Waals surface area (Å²) in [6.07, 6.45) is 2.19. The molecule has 116 valence electrons. The normalized spacial score (nSPS) is 13.3. The monoisotopic (exact) mass is 332 g/mol. The molecule has 1 aromatic carbocycles. The minimum atomic E-state index is -1.13. The molecule has 0 heterocycles. The molecule has 2 amide bonds. The third kappa shape index (κ3) is 6.59. The fourth-order valence-electron chi connectivity index (χ4n) is 1.59. The van der Waals surface area contributed by atoms with Gasteiger partial charge in [-0.2, -0.15) is 0 Å². The Kier molecular flexibility index (Phi) is 6.64. The molecule has 0 aliphatic carbocycles. The fourth-order valence-corrected chi connectivity index (χ4v) is 2.51. The summed E-state index contributed by atoms with van der Waals surface area (Å²) in [7, 11) is -0.905. The molecule has 0 bridgehead atoms. The van der Waals surface area contributed by atoms with Crippen molar-refractivity contribution in [2.75, 3.05) is 17.3 Å². The average Bonchev–Trinajstić information content (AvgIpc) is 2.35. The number of aromatic carboxylic acids is 1. The van der Waals surface area contributed by atoms with Crippen LogP contribution in [0.4, 0.5) is 10.5 Å². The molecule has 0 aliphatic rings. The van der Waals surface area contributed by atoms with Crippen LogP contribution in [0.1, 0.15) is 23.7 Å². The van der Waals surface area contributed by atoms with Crippen LogP contribution in [-0.4, -0.2) is 39.4 Å². The third-order valence-corrected chi connectivity index (χ3v) is 3.65. The molecule has 1 aromatic rings. The molecule has 2 atom stereocenters. The van der Waals surface area contributed by atoms with Crippen LogP contribution in [0.15, 0.2) is 18.2 Å². The maximum atomic E-state index is 11.8. The molecule has 1 rings (SSSR count). The molecule has 0 radical (unpaired) electrons. The van der Waals surface area contributed by atoms with E-state index in [1.807, 2.05) is 0 Å². The van der Waals surface area contributed by atoms with Gasteiger partial charge in [-0.05, 0) is 31.5 Å². The van der Waals surface area contributed by atoms with E-state index in [2.05, 4.69) is 10.6 Å². The van der Waals surface area contributed by atoms with Gasteiger partial charge in [0.05, 0.1) is 5.56 Å². The number of halogens is 1. The van der Waals surface area contributed by atoms with E-state index >= 15 is 0 Å². The van der Waals surface area contributed by atoms with Crippen LogP contribution < -0.4 is 10.6 Å². The topological polar surface area (TPSA) is 95.5 Å². The van der Waals surface area contributed by atoms with Crippen LogP contribution in [0.5, 0.6) is 0 Å². The van der Waals surface area contributed by atoms with Gasteiger partial charge in [-0.1, -0.05) is 11.6 Å². The van der Waals surface area contributed by atoms with E-state index in [9.17, 15) is 13.8 Å². The van der Waals surface area contributed by atoms with Crippen molar-refractivity contribution in [2.45, 2.75) is 19.4 Å². The number of anilines is 1. The molecule has 0 saturated carbocycles. The van der Waals surface area contributed by atoms with Crippen molar-refractivity contribution in [3.63, 3.8) is 0 Å². The van der Waals surface area contributed by atoms with Gasteiger partial charge in [0.2, 0.25) is 0 Å². The summed E-state index contributed by atoms with van der Waals surface area (Å²) in [5, 5.41) is 14.3. The Bertz CT molecular complexity index is 565. The van der Waals surface area contributed by atoms with Crippen LogP contribution in [0, 0.1) is 0 Å². The Balaban J connectivity index is 2.62. The molecule has 3 N–H and O–H groups in total. The summed E-state index contributed by atoms with van der Waals surface area (Å²) in [5.41, 5.74) is 0.288. The standard InChI is InChI=1S/C13H17ClN2O4S/c1-8(3-4-21(2)20)15-13(19)16-11-6-9(12(17)18)5-10(14)7-11/h5-8H,3-4H2,1-2H3,(H,17,18)(H2,15,16,19). The maximum absolute atomic E-state index is 11.8. The van der Waals surface area contributed by atoms with E-state index in [0.29, 0.717) is 17.9 Å². The first-order valence-electron chi connectivity index (χ1n) is 6.19. The fraction of sp³-hybridized carbons (Fsp3) is 0.385. The highest BCUT2D eigenvalue weighted by Gasteiger charge is 2.11. The van der Waals surface area contributed by atoms with Crippen molar-refractivity contribution in [1.29, 1.82) is 0 Å². The average molecular weight is 333 g/mol. The van der Waals surface area contributed by atoms with Crippen molar-refractivity contribution >= 4 is 40.1 Å². The zero-order valence-corrected chi connectivity index (χ0v) is 13.3. The lowest BCUT2D eigenvalue weighted by Crippen LogP contribution is -2.36. The molecule has 0 fully saturated rings. The van der Waals surface area contributed by atoms with E-state index in [0.717, 1.165) is 0 Å². The zero-order chi connectivity index (χ0) is 16.0. The highest BCUT2D eigenvalue weighted by Crippen LogP contribution is 2.19. The molecule has 21 heavy (non-hydrogen) atoms. The number of hydrogen-bond donors (Lipinski definition) is 3. The SMILES string of the molecule is CC(CCS(C)=O)NC(=O)Nc1cc(Cl)cc(C(=O)O)c1. The summed E-state index contributed by atoms with van der Waals surface area (Å²) in [4.78, 5) is 22.7. The molecule has 0 saturated heterocycles. The Morgan fingerprint density at radius 2 is 2.05 bits per heavy atom. The first kappa shape index (κ1) is 17.5. The minimum Gasteiger partial charge on any atom is -0.478 e. The van der Waals surface area contributed by atoms with Crippen LogP contribution in [0.2, 0.25) is 5.02 Å². The number of carboxylic acid groups (broad SMARTS) is 1. The van der Waals surface area contributed by atoms with E-state index in [4.69, 9.17) is 16.7 Å². The predicted molar refractivity (Wildman–Crippen MR) is 83.6 cm³/mol. The second kappa shape index (κ2) is 7.99. The minimum absolute atomic E-state index is 0.00720. The second-order valence-electron chi connectivity index (χ2n) is 4.60. The number of carboxylic acids is 1. The lowest BCUT2D eigenvalue weighted by molar-refractivity contribution is 0.0697. The largest absolute Gasteiger partial charge is 0.478 e. The van der Waals surface area contributed by atoms with Gasteiger partial charge in [0, 0.05) is 39.6 Å². The van der Waals surface area contributed by atoms with E-state index in [1.165, 1.54) is 18.2 Å². The van der Waals surface area contributed by atoms with Crippen molar-refractivity contribution in [2.24, 2.45) is 0 Å². The first-order chi connectivity index (χ1) is 9.77. The number of amides is 2. The molecule has 0 spiro atoms. The zero-order valence-electron chi connectivity index (χ0n) is 11.7. The van der Waals surface area contributed by atoms with Gasteiger partial charge in [0.1, 0.15) is 0 Å². The Labute approximate surface area is 130 Å². The van der Waals surface area contributed by atoms with Crippen LogP contribution >= 0.6 is 11.6 Å². The van der Waals surface area contributed by atoms with Gasteiger partial charge in [-0.15, -0.1) is 0 Å². The predicted octanol–water partition coefficient (Wildman–Crippen LogP) is 2.32. The summed E-state index contributed by atoms with van der Waals surface area (Å²) in [6.45, 7) is 1.80. The number of hydrogen-bond acceptors (Lipinski definition) is 3. The third-order valence-electron chi connectivity index (χ3n) is 2.62. The lowest BCUT2D eigenvalue weighted by atomic mass is 10.2. The summed E-state index contributed by atoms with van der Waals surface area (Å²) in [5.74, 6) is -0.623. The van der Waals surface area contributed by atoms with Gasteiger partial charge in [0.25, 0.3) is 0 Å². The Morgan fingerprint density at radius 3 is 2.62 bits per heavy atom. The summed E-state index contributed by atoms with van der Waals surface area (Å²) < 4.78 is 11.0. The van der Waals surface area contributed by atoms with Gasteiger partial charge in [-0.3, -0.25) is 4.21 Å². The smallest absolute Gasteiger partial charge is 0.335 e. The quantitative estimate of drug-likeness (QED) is 0.745. The summed E-state index contributed by atoms with van der Waals surface area (Å²) >= 11 is 5.80. The first-order valence-corrected chi connectivity index (χ1v) is 8.30. The van der Waals surface area contributed by atoms with Crippen molar-refractivity contribution in [1.82, 2.24) is 5.32 Å². The lowest BCUT2D eigenvalue weighted by Gasteiger charge is -2.14. The molecular weight excluding hydrogens is 316 g/mol. The number of benzene rings is 1. The van der Waals surface area contributed by atoms with E-state index in [-0.39, 0.29) is 16.6 Å². The maximum Gasteiger partial charge on any atom is 0.335 e. The number of urea groups is 1. The molecular formula is C13H17ClN2O4S. The molecule has 8 heteroatoms. The van der Waals surface area contributed by atoms with Crippen LogP contribution in [0.3, 0.4) is 0 Å². The van der Waals surface area contributed by atoms with Gasteiger partial charge in [0.15, 0.2) is 0 Å². The van der Waals surface area contributed by atoms with E-state index < -0.39 is 22.8 Å². The van der Waals surface area contributed by atoms with Crippen LogP contribution in [-0.2, 0) is 10.8 Å². The van der Waals surface area contributed by atoms with Gasteiger partial charge < -0.3 is 15.7 Å². The molecule has 2 unspecified atom stereocenters. The number of nitrogens with one attached hydrogen (secondary N) is 2. The van der Waals surface area contributed by atoms with E-state index in [1.54, 1.807) is 13.2 Å². The Hall–Kier alpha value is -1.60. The highest BCUT2D eigenvalue weighted by molar-refractivity contribution is 7.84. The highest BCUT2D eigenvalue weighted by atomic mass is 35.5. The molecule has 6 nitrogen and oxygen atoms in total. The summed E-state index contributed by atoms with van der Waals surface area (Å²) in [6, 6.07) is 3.46. The second-order valence-corrected chi connectivity index (χ2v) is 6.59. The van der Waals surface area contributed by atoms with Crippen LogP contribution in [0.25, 0.3) is 0 Å². The van der Waals surface area contributed by atoms with Crippen molar-refractivity contribution in [3.05, 3.63) is 28.8 Å². The number of carbonyl (C=O) groups excluding carboxylic acids is 1. The van der Waals surface area contributed by atoms with Crippen molar-refractivity contribution in [3.8, 4) is 0 Å². The molecule has 0 aliphatic heterocycles. The number of rotatable bonds is 6. The molecule has 0 aromatic heterocycles. The van der Waals surface area contributed by atoms with Gasteiger partial charge in [-0.25, -0.2) is 9.59 Å².